The molecular weight excluding hydrogens is 234 g/mol. The maximum Gasteiger partial charge on any atom is 0.237 e. The summed E-state index contributed by atoms with van der Waals surface area (Å²) in [6.45, 7) is -0.0116. The van der Waals surface area contributed by atoms with Crippen LogP contribution in [0.3, 0.4) is 0 Å². The third-order valence-electron chi connectivity index (χ3n) is 2.09. The van der Waals surface area contributed by atoms with Crippen molar-refractivity contribution in [1.29, 1.82) is 0 Å². The lowest BCUT2D eigenvalue weighted by Crippen LogP contribution is -2.26. The average Bonchev–Trinajstić information content (AvgIpc) is 2.57. The molecule has 7 heteroatoms. The van der Waals surface area contributed by atoms with Gasteiger partial charge in [0.1, 0.15) is 5.15 Å². The third-order valence-corrected chi connectivity index (χ3v) is 2.29. The lowest BCUT2D eigenvalue weighted by atomic mass is 10.3. The first kappa shape index (κ1) is 10.8. The van der Waals surface area contributed by atoms with Gasteiger partial charge in [-0.1, -0.05) is 11.6 Å². The molecule has 0 aromatic carbocycles. The molecule has 1 saturated heterocycles. The molecule has 0 bridgehead atoms. The van der Waals surface area contributed by atoms with Crippen molar-refractivity contribution in [3.05, 3.63) is 11.2 Å². The normalized spacial score (nSPS) is 15.8. The number of aromatic nitrogens is 2. The molecule has 1 amide bonds. The van der Waals surface area contributed by atoms with Gasteiger partial charge in [-0.05, 0) is 0 Å². The molecular formula is C9H8ClN3O3. The van der Waals surface area contributed by atoms with E-state index >= 15 is 0 Å². The van der Waals surface area contributed by atoms with E-state index in [9.17, 15) is 9.59 Å². The van der Waals surface area contributed by atoms with E-state index in [2.05, 4.69) is 9.97 Å². The number of methoxy groups -OCH3 is 1. The molecule has 0 atom stereocenters. The van der Waals surface area contributed by atoms with Crippen LogP contribution in [0.1, 0.15) is 6.42 Å². The first-order valence-corrected chi connectivity index (χ1v) is 4.88. The maximum atomic E-state index is 11.4. The second-order valence-electron chi connectivity index (χ2n) is 3.23. The zero-order chi connectivity index (χ0) is 11.7. The molecule has 2 rings (SSSR count). The van der Waals surface area contributed by atoms with Crippen LogP contribution in [0.15, 0.2) is 6.07 Å². The molecule has 0 N–H and O–H groups in total. The summed E-state index contributed by atoms with van der Waals surface area (Å²) in [5.41, 5.74) is 0. The fourth-order valence-electron chi connectivity index (χ4n) is 1.38. The van der Waals surface area contributed by atoms with Gasteiger partial charge in [-0.2, -0.15) is 4.98 Å². The highest BCUT2D eigenvalue weighted by Gasteiger charge is 2.30. The Bertz CT molecular complexity index is 463. The minimum atomic E-state index is -0.325. The van der Waals surface area contributed by atoms with Crippen molar-refractivity contribution in [2.75, 3.05) is 18.6 Å². The summed E-state index contributed by atoms with van der Waals surface area (Å²) < 4.78 is 4.90. The number of halogens is 1. The van der Waals surface area contributed by atoms with Gasteiger partial charge in [-0.3, -0.25) is 14.5 Å². The van der Waals surface area contributed by atoms with Crippen LogP contribution in [0.25, 0.3) is 0 Å². The number of hydrogen-bond donors (Lipinski definition) is 0. The first-order chi connectivity index (χ1) is 7.60. The van der Waals surface area contributed by atoms with Crippen LogP contribution in [-0.2, 0) is 9.59 Å². The highest BCUT2D eigenvalue weighted by molar-refractivity contribution is 6.29. The smallest absolute Gasteiger partial charge is 0.237 e. The van der Waals surface area contributed by atoms with E-state index in [-0.39, 0.29) is 41.6 Å². The Hall–Kier alpha value is -1.69. The van der Waals surface area contributed by atoms with Crippen LogP contribution < -0.4 is 9.64 Å². The SMILES string of the molecule is COc1cc(Cl)nc(N2CC(=O)CC2=O)n1. The summed E-state index contributed by atoms with van der Waals surface area (Å²) in [4.78, 5) is 31.6. The Labute approximate surface area is 96.2 Å². The predicted octanol–water partition coefficient (Wildman–Crippen LogP) is 0.444. The number of hydrogen-bond acceptors (Lipinski definition) is 5. The van der Waals surface area contributed by atoms with Gasteiger partial charge < -0.3 is 4.74 Å². The molecule has 1 aromatic rings. The summed E-state index contributed by atoms with van der Waals surface area (Å²) in [7, 11) is 1.43. The van der Waals surface area contributed by atoms with E-state index in [0.29, 0.717) is 0 Å². The van der Waals surface area contributed by atoms with Gasteiger partial charge in [0, 0.05) is 6.07 Å². The predicted molar refractivity (Wildman–Crippen MR) is 55.6 cm³/mol. The molecule has 2 heterocycles. The quantitative estimate of drug-likeness (QED) is 0.555. The lowest BCUT2D eigenvalue weighted by Gasteiger charge is -2.12. The van der Waals surface area contributed by atoms with Crippen molar-refractivity contribution in [2.45, 2.75) is 6.42 Å². The van der Waals surface area contributed by atoms with Crippen LogP contribution in [0, 0.1) is 0 Å². The van der Waals surface area contributed by atoms with Crippen LogP contribution in [0.2, 0.25) is 5.15 Å². The van der Waals surface area contributed by atoms with E-state index in [1.165, 1.54) is 18.1 Å². The Kier molecular flexibility index (Phi) is 2.74. The van der Waals surface area contributed by atoms with Crippen LogP contribution in [0.4, 0.5) is 5.95 Å². The van der Waals surface area contributed by atoms with Crippen LogP contribution >= 0.6 is 11.6 Å². The molecule has 0 radical (unpaired) electrons. The molecule has 1 aromatic heterocycles. The average molecular weight is 242 g/mol. The molecule has 0 unspecified atom stereocenters. The van der Waals surface area contributed by atoms with E-state index in [4.69, 9.17) is 16.3 Å². The number of anilines is 1. The minimum Gasteiger partial charge on any atom is -0.481 e. The topological polar surface area (TPSA) is 72.4 Å². The van der Waals surface area contributed by atoms with E-state index in [1.807, 2.05) is 0 Å². The summed E-state index contributed by atoms with van der Waals surface area (Å²) in [5, 5.41) is 0.161. The number of ketones is 1. The number of rotatable bonds is 2. The Morgan fingerprint density at radius 1 is 1.44 bits per heavy atom. The molecule has 84 valence electrons. The van der Waals surface area contributed by atoms with Gasteiger partial charge in [0.25, 0.3) is 0 Å². The second-order valence-corrected chi connectivity index (χ2v) is 3.62. The van der Waals surface area contributed by atoms with Gasteiger partial charge in [0.05, 0.1) is 20.1 Å². The molecule has 0 spiro atoms. The number of nitrogens with zero attached hydrogens (tertiary/aromatic N) is 3. The monoisotopic (exact) mass is 241 g/mol. The van der Waals surface area contributed by atoms with Gasteiger partial charge >= 0.3 is 0 Å². The Balaban J connectivity index is 2.36. The van der Waals surface area contributed by atoms with Gasteiger partial charge in [0.15, 0.2) is 5.78 Å². The van der Waals surface area contributed by atoms with Crippen molar-refractivity contribution >= 4 is 29.2 Å². The fourth-order valence-corrected chi connectivity index (χ4v) is 1.55. The van der Waals surface area contributed by atoms with E-state index < -0.39 is 0 Å². The molecule has 6 nitrogen and oxygen atoms in total. The van der Waals surface area contributed by atoms with Crippen molar-refractivity contribution in [2.24, 2.45) is 0 Å². The summed E-state index contributed by atoms with van der Waals surface area (Å²) in [5.74, 6) is -0.135. The molecule has 16 heavy (non-hydrogen) atoms. The van der Waals surface area contributed by atoms with Crippen molar-refractivity contribution in [1.82, 2.24) is 9.97 Å². The lowest BCUT2D eigenvalue weighted by molar-refractivity contribution is -0.121. The highest BCUT2D eigenvalue weighted by atomic mass is 35.5. The Morgan fingerprint density at radius 2 is 2.19 bits per heavy atom. The number of amides is 1. The first-order valence-electron chi connectivity index (χ1n) is 4.51. The number of Topliss-reactive ketones (excluding diaryl/α,β-unsaturated/α-hetero) is 1. The molecule has 1 aliphatic rings. The standard InChI is InChI=1S/C9H8ClN3O3/c1-16-7-3-6(10)11-9(12-7)13-4-5(14)2-8(13)15/h3H,2,4H2,1H3. The summed E-state index contributed by atoms with van der Waals surface area (Å²) in [6.07, 6.45) is -0.113. The molecule has 0 aliphatic carbocycles. The van der Waals surface area contributed by atoms with Gasteiger partial charge in [-0.15, -0.1) is 0 Å². The number of carbonyl (C=O) groups is 2. The summed E-state index contributed by atoms with van der Waals surface area (Å²) >= 11 is 5.74. The van der Waals surface area contributed by atoms with E-state index in [0.717, 1.165) is 0 Å². The number of carbonyl (C=O) groups excluding carboxylic acids is 2. The zero-order valence-corrected chi connectivity index (χ0v) is 9.19. The van der Waals surface area contributed by atoms with Gasteiger partial charge in [-0.25, -0.2) is 4.98 Å². The van der Waals surface area contributed by atoms with Crippen molar-refractivity contribution in [3.8, 4) is 5.88 Å². The molecule has 1 aliphatic heterocycles. The minimum absolute atomic E-state index is 0.0116. The van der Waals surface area contributed by atoms with Crippen molar-refractivity contribution in [3.63, 3.8) is 0 Å². The fraction of sp³-hybridized carbons (Fsp3) is 0.333. The summed E-state index contributed by atoms with van der Waals surface area (Å²) in [6, 6.07) is 1.42. The third kappa shape index (κ3) is 1.96. The van der Waals surface area contributed by atoms with Gasteiger partial charge in [0.2, 0.25) is 17.7 Å². The maximum absolute atomic E-state index is 11.4. The van der Waals surface area contributed by atoms with Crippen LogP contribution in [0.5, 0.6) is 5.88 Å². The largest absolute Gasteiger partial charge is 0.481 e. The Morgan fingerprint density at radius 3 is 2.75 bits per heavy atom. The zero-order valence-electron chi connectivity index (χ0n) is 8.44. The molecule has 1 fully saturated rings. The van der Waals surface area contributed by atoms with Crippen molar-refractivity contribution < 1.29 is 14.3 Å². The highest BCUT2D eigenvalue weighted by Crippen LogP contribution is 2.21. The van der Waals surface area contributed by atoms with Crippen LogP contribution in [-0.4, -0.2) is 35.3 Å². The second kappa shape index (κ2) is 4.05. The number of ether oxygens (including phenoxy) is 1. The van der Waals surface area contributed by atoms with E-state index in [1.54, 1.807) is 0 Å². The molecule has 0 saturated carbocycles.